The molecule has 0 spiro atoms. The van der Waals surface area contributed by atoms with Crippen LogP contribution in [0.15, 0.2) is 41.1 Å². The maximum atomic E-state index is 6.13. The van der Waals surface area contributed by atoms with Gasteiger partial charge in [-0.05, 0) is 46.3 Å². The minimum atomic E-state index is 0.562. The second-order valence-electron chi connectivity index (χ2n) is 3.92. The highest BCUT2D eigenvalue weighted by Crippen LogP contribution is 2.29. The lowest BCUT2D eigenvalue weighted by Crippen LogP contribution is -1.95. The van der Waals surface area contributed by atoms with Crippen molar-refractivity contribution in [3.8, 4) is 17.0 Å². The number of benzene rings is 1. The third kappa shape index (κ3) is 2.19. The Morgan fingerprint density at radius 3 is 2.84 bits per heavy atom. The number of aromatic nitrogens is 3. The van der Waals surface area contributed by atoms with E-state index in [1.807, 2.05) is 30.3 Å². The quantitative estimate of drug-likeness (QED) is 0.713. The molecule has 0 aliphatic heterocycles. The minimum absolute atomic E-state index is 0.562. The Kier molecular flexibility index (Phi) is 3.16. The molecule has 0 aliphatic rings. The molecule has 0 bridgehead atoms. The number of hydrogen-bond donors (Lipinski definition) is 0. The Morgan fingerprint density at radius 1 is 1.26 bits per heavy atom. The monoisotopic (exact) mass is 337 g/mol. The summed E-state index contributed by atoms with van der Waals surface area (Å²) in [5, 5.41) is 5.07. The van der Waals surface area contributed by atoms with Crippen LogP contribution in [0.25, 0.3) is 16.9 Å². The van der Waals surface area contributed by atoms with Crippen molar-refractivity contribution in [2.24, 2.45) is 0 Å². The summed E-state index contributed by atoms with van der Waals surface area (Å²) in [6.45, 7) is 0. The molecule has 2 aromatic heterocycles. The van der Waals surface area contributed by atoms with Crippen molar-refractivity contribution < 1.29 is 4.74 Å². The van der Waals surface area contributed by atoms with Gasteiger partial charge in [-0.3, -0.25) is 0 Å². The number of methoxy groups -OCH3 is 1. The van der Waals surface area contributed by atoms with Gasteiger partial charge in [-0.1, -0.05) is 11.6 Å². The van der Waals surface area contributed by atoms with Crippen LogP contribution in [-0.4, -0.2) is 21.7 Å². The normalized spacial score (nSPS) is 10.9. The zero-order chi connectivity index (χ0) is 13.4. The summed E-state index contributed by atoms with van der Waals surface area (Å²) >= 11 is 9.53. The van der Waals surface area contributed by atoms with E-state index in [4.69, 9.17) is 16.3 Å². The first-order valence-electron chi connectivity index (χ1n) is 5.53. The molecule has 0 atom stereocenters. The maximum Gasteiger partial charge on any atom is 0.154 e. The van der Waals surface area contributed by atoms with E-state index in [0.29, 0.717) is 10.8 Å². The molecule has 0 fully saturated rings. The zero-order valence-electron chi connectivity index (χ0n) is 9.97. The van der Waals surface area contributed by atoms with Gasteiger partial charge in [0.2, 0.25) is 0 Å². The average molecular weight is 339 g/mol. The second kappa shape index (κ2) is 4.83. The van der Waals surface area contributed by atoms with Crippen LogP contribution in [-0.2, 0) is 0 Å². The van der Waals surface area contributed by atoms with E-state index >= 15 is 0 Å². The molecule has 1 aromatic carbocycles. The Morgan fingerprint density at radius 2 is 2.11 bits per heavy atom. The highest BCUT2D eigenvalue weighted by atomic mass is 79.9. The molecule has 2 heterocycles. The van der Waals surface area contributed by atoms with Gasteiger partial charge in [0.1, 0.15) is 10.4 Å². The molecule has 0 aliphatic carbocycles. The predicted octanol–water partition coefficient (Wildman–Crippen LogP) is 3.82. The number of halogens is 2. The molecule has 19 heavy (non-hydrogen) atoms. The molecule has 3 aromatic rings. The lowest BCUT2D eigenvalue weighted by molar-refractivity contribution is 0.415. The van der Waals surface area contributed by atoms with Crippen molar-refractivity contribution >= 4 is 33.2 Å². The summed E-state index contributed by atoms with van der Waals surface area (Å²) < 4.78 is 7.68. The van der Waals surface area contributed by atoms with Crippen molar-refractivity contribution in [1.82, 2.24) is 14.6 Å². The number of ether oxygens (including phenoxy) is 1. The first-order chi connectivity index (χ1) is 9.19. The predicted molar refractivity (Wildman–Crippen MR) is 77.7 cm³/mol. The van der Waals surface area contributed by atoms with Crippen molar-refractivity contribution in [2.45, 2.75) is 0 Å². The smallest absolute Gasteiger partial charge is 0.154 e. The molecule has 4 nitrogen and oxygen atoms in total. The fraction of sp³-hybridized carbons (Fsp3) is 0.0769. The van der Waals surface area contributed by atoms with Gasteiger partial charge in [-0.15, -0.1) is 0 Å². The molecule has 6 heteroatoms. The van der Waals surface area contributed by atoms with Crippen LogP contribution >= 0.6 is 27.5 Å². The number of fused-ring (bicyclic) bond motifs is 1. The zero-order valence-corrected chi connectivity index (χ0v) is 12.3. The second-order valence-corrected chi connectivity index (χ2v) is 5.14. The van der Waals surface area contributed by atoms with Crippen LogP contribution in [0.3, 0.4) is 0 Å². The first kappa shape index (κ1) is 12.4. The summed E-state index contributed by atoms with van der Waals surface area (Å²) in [5.41, 5.74) is 2.53. The van der Waals surface area contributed by atoms with Crippen molar-refractivity contribution in [3.05, 3.63) is 46.2 Å². The van der Waals surface area contributed by atoms with E-state index < -0.39 is 0 Å². The Labute approximate surface area is 123 Å². The number of nitrogens with zero attached hydrogens (tertiary/aromatic N) is 3. The lowest BCUT2D eigenvalue weighted by atomic mass is 10.1. The molecule has 3 rings (SSSR count). The van der Waals surface area contributed by atoms with E-state index in [2.05, 4.69) is 26.0 Å². The third-order valence-corrected chi connectivity index (χ3v) is 3.60. The van der Waals surface area contributed by atoms with E-state index in [-0.39, 0.29) is 0 Å². The van der Waals surface area contributed by atoms with Gasteiger partial charge in [-0.25, -0.2) is 9.50 Å². The highest BCUT2D eigenvalue weighted by molar-refractivity contribution is 9.10. The van der Waals surface area contributed by atoms with Gasteiger partial charge in [0.15, 0.2) is 5.65 Å². The fourth-order valence-corrected chi connectivity index (χ4v) is 2.45. The molecular weight excluding hydrogens is 330 g/mol. The van der Waals surface area contributed by atoms with E-state index in [9.17, 15) is 0 Å². The summed E-state index contributed by atoms with van der Waals surface area (Å²) in [5.74, 6) is 0.648. The van der Waals surface area contributed by atoms with E-state index in [0.717, 1.165) is 21.5 Å². The Balaban J connectivity index is 2.13. The highest BCUT2D eigenvalue weighted by Gasteiger charge is 2.07. The summed E-state index contributed by atoms with van der Waals surface area (Å²) in [6, 6.07) is 9.40. The summed E-state index contributed by atoms with van der Waals surface area (Å²) in [4.78, 5) is 4.21. The van der Waals surface area contributed by atoms with Crippen molar-refractivity contribution in [3.63, 3.8) is 0 Å². The van der Waals surface area contributed by atoms with Crippen LogP contribution in [0, 0.1) is 0 Å². The SMILES string of the molecule is COc1ccc(-c2ccc3ncc(Br)n3n2)cc1Cl. The average Bonchev–Trinajstić information content (AvgIpc) is 2.80. The molecular formula is C13H9BrClN3O. The fourth-order valence-electron chi connectivity index (χ4n) is 1.83. The molecule has 96 valence electrons. The van der Waals surface area contributed by atoms with Crippen LogP contribution in [0.1, 0.15) is 0 Å². The third-order valence-electron chi connectivity index (χ3n) is 2.77. The molecule has 0 N–H and O–H groups in total. The Hall–Kier alpha value is -1.59. The number of rotatable bonds is 2. The number of imidazole rings is 1. The minimum Gasteiger partial charge on any atom is -0.495 e. The van der Waals surface area contributed by atoms with Gasteiger partial charge in [-0.2, -0.15) is 5.10 Å². The summed E-state index contributed by atoms with van der Waals surface area (Å²) in [7, 11) is 1.59. The molecule has 0 radical (unpaired) electrons. The summed E-state index contributed by atoms with van der Waals surface area (Å²) in [6.07, 6.45) is 1.72. The molecule has 0 unspecified atom stereocenters. The van der Waals surface area contributed by atoms with Crippen LogP contribution < -0.4 is 4.74 Å². The van der Waals surface area contributed by atoms with Crippen molar-refractivity contribution in [1.29, 1.82) is 0 Å². The van der Waals surface area contributed by atoms with Gasteiger partial charge in [0.25, 0.3) is 0 Å². The topological polar surface area (TPSA) is 39.4 Å². The standard InChI is InChI=1S/C13H9BrClN3O/c1-19-11-4-2-8(6-9(11)15)10-3-5-13-16-7-12(14)18(13)17-10/h2-7H,1H3. The van der Waals surface area contributed by atoms with Gasteiger partial charge in [0, 0.05) is 5.56 Å². The molecule has 0 saturated carbocycles. The van der Waals surface area contributed by atoms with Crippen LogP contribution in [0.5, 0.6) is 5.75 Å². The lowest BCUT2D eigenvalue weighted by Gasteiger charge is -2.06. The largest absolute Gasteiger partial charge is 0.495 e. The van der Waals surface area contributed by atoms with E-state index in [1.165, 1.54) is 0 Å². The number of hydrogen-bond acceptors (Lipinski definition) is 3. The first-order valence-corrected chi connectivity index (χ1v) is 6.70. The molecule has 0 amide bonds. The Bertz CT molecular complexity index is 757. The van der Waals surface area contributed by atoms with Gasteiger partial charge >= 0.3 is 0 Å². The maximum absolute atomic E-state index is 6.13. The van der Waals surface area contributed by atoms with Crippen molar-refractivity contribution in [2.75, 3.05) is 7.11 Å². The van der Waals surface area contributed by atoms with Gasteiger partial charge < -0.3 is 4.74 Å². The van der Waals surface area contributed by atoms with E-state index in [1.54, 1.807) is 17.8 Å². The van der Waals surface area contributed by atoms with Gasteiger partial charge in [0.05, 0.1) is 24.0 Å². The van der Waals surface area contributed by atoms with Crippen LogP contribution in [0.4, 0.5) is 0 Å². The molecule has 0 saturated heterocycles. The van der Waals surface area contributed by atoms with Crippen LogP contribution in [0.2, 0.25) is 5.02 Å².